The van der Waals surface area contributed by atoms with Crippen LogP contribution in [-0.2, 0) is 11.2 Å². The summed E-state index contributed by atoms with van der Waals surface area (Å²) in [7, 11) is 0. The van der Waals surface area contributed by atoms with E-state index in [4.69, 9.17) is 11.6 Å². The highest BCUT2D eigenvalue weighted by Crippen LogP contribution is 2.36. The van der Waals surface area contributed by atoms with Crippen molar-refractivity contribution in [1.29, 1.82) is 0 Å². The topological polar surface area (TPSA) is 49.3 Å². The number of aliphatic hydroxyl groups excluding tert-OH is 1. The average molecular weight is 310 g/mol. The fourth-order valence-electron chi connectivity index (χ4n) is 3.16. The summed E-state index contributed by atoms with van der Waals surface area (Å²) >= 11 is 6.26. The first-order chi connectivity index (χ1) is 9.65. The van der Waals surface area contributed by atoms with Gasteiger partial charge in [0.15, 0.2) is 0 Å². The van der Waals surface area contributed by atoms with Crippen LogP contribution in [0.1, 0.15) is 57.8 Å². The smallest absolute Gasteiger partial charge is 0.228 e. The Balaban J connectivity index is 2.11. The molecule has 2 unspecified atom stereocenters. The van der Waals surface area contributed by atoms with Crippen molar-refractivity contribution in [1.82, 2.24) is 0 Å². The number of carbonyl (C=O) groups excluding carboxylic acids is 1. The van der Waals surface area contributed by atoms with Gasteiger partial charge in [-0.25, -0.2) is 0 Å². The van der Waals surface area contributed by atoms with E-state index in [0.29, 0.717) is 23.8 Å². The second-order valence-electron chi connectivity index (χ2n) is 7.38. The number of benzene rings is 1. The predicted molar refractivity (Wildman–Crippen MR) is 86.6 cm³/mol. The summed E-state index contributed by atoms with van der Waals surface area (Å²) in [5.41, 5.74) is 2.66. The quantitative estimate of drug-likeness (QED) is 0.869. The Morgan fingerprint density at radius 1 is 1.38 bits per heavy atom. The number of halogens is 1. The zero-order valence-corrected chi connectivity index (χ0v) is 13.9. The van der Waals surface area contributed by atoms with Gasteiger partial charge in [0.1, 0.15) is 0 Å². The van der Waals surface area contributed by atoms with Crippen LogP contribution in [0.2, 0.25) is 5.02 Å². The highest BCUT2D eigenvalue weighted by molar-refractivity contribution is 6.32. The van der Waals surface area contributed by atoms with E-state index in [1.807, 2.05) is 6.07 Å². The molecule has 116 valence electrons. The monoisotopic (exact) mass is 309 g/mol. The van der Waals surface area contributed by atoms with Crippen molar-refractivity contribution < 1.29 is 9.90 Å². The van der Waals surface area contributed by atoms with Gasteiger partial charge in [-0.3, -0.25) is 4.79 Å². The molecule has 0 radical (unpaired) electrons. The first-order valence-electron chi connectivity index (χ1n) is 7.46. The van der Waals surface area contributed by atoms with Gasteiger partial charge >= 0.3 is 0 Å². The van der Waals surface area contributed by atoms with Crippen LogP contribution in [0.5, 0.6) is 0 Å². The van der Waals surface area contributed by atoms with Gasteiger partial charge in [-0.1, -0.05) is 39.3 Å². The summed E-state index contributed by atoms with van der Waals surface area (Å²) in [6, 6.07) is 3.61. The second kappa shape index (κ2) is 5.98. The number of fused-ring (bicyclic) bond motifs is 1. The first kappa shape index (κ1) is 16.3. The predicted octanol–water partition coefficient (Wildman–Crippen LogP) is 4.33. The van der Waals surface area contributed by atoms with Crippen molar-refractivity contribution in [2.24, 2.45) is 11.3 Å². The highest BCUT2D eigenvalue weighted by atomic mass is 35.5. The minimum absolute atomic E-state index is 0.0196. The second-order valence-corrected chi connectivity index (χ2v) is 7.78. The van der Waals surface area contributed by atoms with Crippen LogP contribution in [0.4, 0.5) is 5.69 Å². The molecule has 2 N–H and O–H groups in total. The van der Waals surface area contributed by atoms with E-state index >= 15 is 0 Å². The Kier molecular flexibility index (Phi) is 4.64. The average Bonchev–Trinajstić information content (AvgIpc) is 2.64. The molecule has 0 spiro atoms. The van der Waals surface area contributed by atoms with E-state index in [1.165, 1.54) is 0 Å². The van der Waals surface area contributed by atoms with Crippen molar-refractivity contribution in [2.75, 3.05) is 5.32 Å². The van der Waals surface area contributed by atoms with Crippen LogP contribution < -0.4 is 5.32 Å². The van der Waals surface area contributed by atoms with Crippen molar-refractivity contribution in [3.8, 4) is 0 Å². The zero-order valence-electron chi connectivity index (χ0n) is 13.2. The maximum Gasteiger partial charge on any atom is 0.228 e. The summed E-state index contributed by atoms with van der Waals surface area (Å²) in [6.07, 6.45) is 1.50. The maximum atomic E-state index is 11.4. The molecule has 1 heterocycles. The summed E-state index contributed by atoms with van der Waals surface area (Å²) in [5, 5.41) is 13.8. The summed E-state index contributed by atoms with van der Waals surface area (Å²) < 4.78 is 0. The number of carbonyl (C=O) groups is 1. The largest absolute Gasteiger partial charge is 0.388 e. The fourth-order valence-corrected chi connectivity index (χ4v) is 3.45. The zero-order chi connectivity index (χ0) is 15.8. The van der Waals surface area contributed by atoms with Crippen LogP contribution in [0.15, 0.2) is 12.1 Å². The maximum absolute atomic E-state index is 11.4. The molecule has 0 aromatic heterocycles. The lowest BCUT2D eigenvalue weighted by Crippen LogP contribution is -2.14. The van der Waals surface area contributed by atoms with E-state index in [0.717, 1.165) is 23.2 Å². The Hall–Kier alpha value is -1.06. The molecule has 1 aliphatic rings. The van der Waals surface area contributed by atoms with Gasteiger partial charge in [0.05, 0.1) is 12.5 Å². The van der Waals surface area contributed by atoms with E-state index in [9.17, 15) is 9.90 Å². The van der Waals surface area contributed by atoms with Crippen LogP contribution in [0.3, 0.4) is 0 Å². The SMILES string of the molecule is CC(CC(O)c1cc2c(cc1Cl)NC(=O)C2)CC(C)(C)C. The van der Waals surface area contributed by atoms with Gasteiger partial charge in [0, 0.05) is 10.7 Å². The number of rotatable bonds is 4. The van der Waals surface area contributed by atoms with Gasteiger partial charge in [0.2, 0.25) is 5.91 Å². The highest BCUT2D eigenvalue weighted by Gasteiger charge is 2.24. The van der Waals surface area contributed by atoms with Crippen LogP contribution >= 0.6 is 11.6 Å². The van der Waals surface area contributed by atoms with E-state index in [-0.39, 0.29) is 11.3 Å². The lowest BCUT2D eigenvalue weighted by molar-refractivity contribution is -0.115. The normalized spacial score (nSPS) is 17.3. The van der Waals surface area contributed by atoms with Crippen molar-refractivity contribution in [3.05, 3.63) is 28.3 Å². The molecular weight excluding hydrogens is 286 g/mol. The molecule has 2 atom stereocenters. The molecule has 1 amide bonds. The standard InChI is InChI=1S/C17H24ClNO2/c1-10(9-17(2,3)4)5-15(20)12-6-11-7-16(21)19-14(11)8-13(12)18/h6,8,10,15,20H,5,7,9H2,1-4H3,(H,19,21). The number of nitrogens with one attached hydrogen (secondary N) is 1. The minimum atomic E-state index is -0.587. The molecule has 3 nitrogen and oxygen atoms in total. The molecule has 1 aliphatic heterocycles. The minimum Gasteiger partial charge on any atom is -0.388 e. The molecule has 21 heavy (non-hydrogen) atoms. The number of hydrogen-bond acceptors (Lipinski definition) is 2. The molecule has 1 aromatic rings. The Bertz CT molecular complexity index is 548. The lowest BCUT2D eigenvalue weighted by Gasteiger charge is -2.25. The third kappa shape index (κ3) is 4.21. The van der Waals surface area contributed by atoms with Crippen molar-refractivity contribution in [3.63, 3.8) is 0 Å². The number of hydrogen-bond donors (Lipinski definition) is 2. The van der Waals surface area contributed by atoms with Crippen molar-refractivity contribution in [2.45, 2.75) is 53.1 Å². The molecule has 0 saturated carbocycles. The molecule has 1 aromatic carbocycles. The third-order valence-electron chi connectivity index (χ3n) is 3.79. The molecule has 0 fully saturated rings. The Morgan fingerprint density at radius 2 is 2.05 bits per heavy atom. The van der Waals surface area contributed by atoms with E-state index in [1.54, 1.807) is 6.07 Å². The summed E-state index contributed by atoms with van der Waals surface area (Å²) in [5.74, 6) is 0.387. The number of anilines is 1. The van der Waals surface area contributed by atoms with E-state index < -0.39 is 6.10 Å². The third-order valence-corrected chi connectivity index (χ3v) is 4.12. The lowest BCUT2D eigenvalue weighted by atomic mass is 9.82. The number of amides is 1. The van der Waals surface area contributed by atoms with Crippen LogP contribution in [0.25, 0.3) is 0 Å². The Morgan fingerprint density at radius 3 is 2.67 bits per heavy atom. The fraction of sp³-hybridized carbons (Fsp3) is 0.588. The van der Waals surface area contributed by atoms with Crippen LogP contribution in [-0.4, -0.2) is 11.0 Å². The molecule has 0 bridgehead atoms. The summed E-state index contributed by atoms with van der Waals surface area (Å²) in [6.45, 7) is 8.77. The van der Waals surface area contributed by atoms with Gasteiger partial charge in [0.25, 0.3) is 0 Å². The van der Waals surface area contributed by atoms with Gasteiger partial charge in [-0.2, -0.15) is 0 Å². The Labute approximate surface area is 131 Å². The first-order valence-corrected chi connectivity index (χ1v) is 7.84. The van der Waals surface area contributed by atoms with E-state index in [2.05, 4.69) is 33.0 Å². The summed E-state index contributed by atoms with van der Waals surface area (Å²) in [4.78, 5) is 11.4. The number of aliphatic hydroxyl groups is 1. The molecule has 0 saturated heterocycles. The van der Waals surface area contributed by atoms with Crippen molar-refractivity contribution >= 4 is 23.2 Å². The van der Waals surface area contributed by atoms with Crippen LogP contribution in [0, 0.1) is 11.3 Å². The molecule has 0 aliphatic carbocycles. The van der Waals surface area contributed by atoms with Gasteiger partial charge < -0.3 is 10.4 Å². The molecule has 2 rings (SSSR count). The molecular formula is C17H24ClNO2. The molecule has 4 heteroatoms. The van der Waals surface area contributed by atoms with Gasteiger partial charge in [-0.05, 0) is 47.4 Å². The van der Waals surface area contributed by atoms with Gasteiger partial charge in [-0.15, -0.1) is 0 Å².